The number of sulfone groups is 1. The minimum Gasteiger partial charge on any atom is -0.377 e. The van der Waals surface area contributed by atoms with Crippen LogP contribution in [0.5, 0.6) is 0 Å². The summed E-state index contributed by atoms with van der Waals surface area (Å²) in [4.78, 5) is 0. The third kappa shape index (κ3) is 11.8. The van der Waals surface area contributed by atoms with Gasteiger partial charge < -0.3 is 36.0 Å². The van der Waals surface area contributed by atoms with Crippen molar-refractivity contribution < 1.29 is 44.4 Å². The van der Waals surface area contributed by atoms with Gasteiger partial charge in [-0.25, -0.2) is 8.42 Å². The van der Waals surface area contributed by atoms with Crippen molar-refractivity contribution in [1.82, 2.24) is 0 Å². The van der Waals surface area contributed by atoms with Gasteiger partial charge in [0.05, 0.1) is 10.5 Å². The molecule has 0 amide bonds. The SMILES string of the molecule is CO[Si](CCCCOC1(Cc2ccccc2C)C=CC(S(=O)(=O)C2C=CC(Cc3ccccc3C)(OCCCC[Si](OC)(OC)OC)C=C2)C=C1)(OC)OC. The van der Waals surface area contributed by atoms with Gasteiger partial charge in [-0.2, -0.15) is 0 Å². The predicted octanol–water partition coefficient (Wildman–Crippen LogP) is 7.32. The molecule has 0 spiro atoms. The summed E-state index contributed by atoms with van der Waals surface area (Å²) in [5.74, 6) is 0. The van der Waals surface area contributed by atoms with Crippen LogP contribution in [0.25, 0.3) is 0 Å². The van der Waals surface area contributed by atoms with Crippen LogP contribution in [0, 0.1) is 13.8 Å². The Bertz CT molecular complexity index is 1570. The fourth-order valence-electron chi connectivity index (χ4n) is 7.16. The van der Waals surface area contributed by atoms with Crippen molar-refractivity contribution in [3.05, 3.63) is 119 Å². The lowest BCUT2D eigenvalue weighted by Crippen LogP contribution is -2.42. The maximum Gasteiger partial charge on any atom is 0.500 e. The second-order valence-corrected chi connectivity index (χ2v) is 22.7. The van der Waals surface area contributed by atoms with Gasteiger partial charge in [0, 0.05) is 80.8 Å². The van der Waals surface area contributed by atoms with Crippen molar-refractivity contribution >= 4 is 27.4 Å². The maximum absolute atomic E-state index is 14.2. The van der Waals surface area contributed by atoms with Gasteiger partial charge in [-0.05, 0) is 61.8 Å². The van der Waals surface area contributed by atoms with E-state index in [1.54, 1.807) is 67.0 Å². The largest absolute Gasteiger partial charge is 0.500 e. The molecule has 2 aromatic rings. The molecule has 0 atom stereocenters. The zero-order chi connectivity index (χ0) is 40.0. The van der Waals surface area contributed by atoms with Crippen LogP contribution in [0.15, 0.2) is 97.1 Å². The minimum atomic E-state index is -3.69. The summed E-state index contributed by atoms with van der Waals surface area (Å²) in [7, 11) is 0.671. The molecule has 4 rings (SSSR count). The fraction of sp³-hybridized carbons (Fsp3) is 0.524. The molecule has 0 saturated carbocycles. The van der Waals surface area contributed by atoms with Crippen LogP contribution in [0.2, 0.25) is 12.1 Å². The van der Waals surface area contributed by atoms with Crippen LogP contribution in [-0.4, -0.2) is 104 Å². The Balaban J connectivity index is 1.48. The first-order valence-corrected chi connectivity index (χ1v) is 24.5. The molecule has 13 heteroatoms. The molecule has 0 bridgehead atoms. The second-order valence-electron chi connectivity index (χ2n) is 14.3. The molecular formula is C42H62O10SSi2. The standard InChI is InChI=1S/C42H62O10SSi2/c1-35-17-9-11-19-37(35)33-41(51-29-13-15-31-54(45-3,46-4)47-5)25-21-39(22-26-41)53(43,44)40-23-27-42(28-24-40,34-38-20-12-10-18-36(38)2)52-30-14-16-32-55(48-6,49-7)50-8/h9-12,17-28,39-40H,13-16,29-34H2,1-8H3. The van der Waals surface area contributed by atoms with Gasteiger partial charge in [0.1, 0.15) is 11.2 Å². The van der Waals surface area contributed by atoms with Crippen molar-refractivity contribution in [2.75, 3.05) is 55.9 Å². The van der Waals surface area contributed by atoms with Crippen molar-refractivity contribution in [2.24, 2.45) is 0 Å². The molecule has 0 radical (unpaired) electrons. The Morgan fingerprint density at radius 2 is 0.855 bits per heavy atom. The minimum absolute atomic E-state index is 0.477. The summed E-state index contributed by atoms with van der Waals surface area (Å²) in [6.45, 7) is 5.12. The molecule has 0 aromatic heterocycles. The van der Waals surface area contributed by atoms with Crippen LogP contribution in [-0.2, 0) is 58.7 Å². The Morgan fingerprint density at radius 1 is 0.527 bits per heavy atom. The summed E-state index contributed by atoms with van der Waals surface area (Å²) in [5.41, 5.74) is 3.02. The predicted molar refractivity (Wildman–Crippen MR) is 222 cm³/mol. The molecule has 304 valence electrons. The maximum atomic E-state index is 14.2. The topological polar surface area (TPSA) is 108 Å². The summed E-state index contributed by atoms with van der Waals surface area (Å²) in [5, 5.41) is -1.62. The highest BCUT2D eigenvalue weighted by molar-refractivity contribution is 7.93. The first kappa shape index (κ1) is 45.2. The summed E-state index contributed by atoms with van der Waals surface area (Å²) in [6.07, 6.45) is 19.1. The van der Waals surface area contributed by atoms with E-state index in [4.69, 9.17) is 36.0 Å². The smallest absolute Gasteiger partial charge is 0.377 e. The van der Waals surface area contributed by atoms with Gasteiger partial charge in [0.25, 0.3) is 0 Å². The van der Waals surface area contributed by atoms with E-state index < -0.39 is 49.1 Å². The molecule has 0 aliphatic heterocycles. The molecular weight excluding hydrogens is 753 g/mol. The van der Waals surface area contributed by atoms with Crippen molar-refractivity contribution in [3.63, 3.8) is 0 Å². The van der Waals surface area contributed by atoms with Crippen molar-refractivity contribution in [3.8, 4) is 0 Å². The van der Waals surface area contributed by atoms with Crippen molar-refractivity contribution in [1.29, 1.82) is 0 Å². The van der Waals surface area contributed by atoms with E-state index >= 15 is 0 Å². The molecule has 0 fully saturated rings. The number of unbranched alkanes of at least 4 members (excludes halogenated alkanes) is 2. The quantitative estimate of drug-likeness (QED) is 0.0608. The zero-order valence-electron chi connectivity index (χ0n) is 34.0. The van der Waals surface area contributed by atoms with Gasteiger partial charge in [-0.15, -0.1) is 0 Å². The zero-order valence-corrected chi connectivity index (χ0v) is 36.8. The van der Waals surface area contributed by atoms with E-state index in [-0.39, 0.29) is 0 Å². The Hall–Kier alpha value is -2.54. The second kappa shape index (κ2) is 20.8. The van der Waals surface area contributed by atoms with E-state index in [0.717, 1.165) is 47.9 Å². The van der Waals surface area contributed by atoms with Gasteiger partial charge >= 0.3 is 17.6 Å². The lowest BCUT2D eigenvalue weighted by molar-refractivity contribution is 0.0242. The molecule has 2 aliphatic rings. The van der Waals surface area contributed by atoms with Crippen LogP contribution in [0.1, 0.15) is 47.9 Å². The molecule has 2 aliphatic carbocycles. The Morgan fingerprint density at radius 3 is 1.16 bits per heavy atom. The highest BCUT2D eigenvalue weighted by Gasteiger charge is 2.40. The molecule has 10 nitrogen and oxygen atoms in total. The number of aryl methyl sites for hydroxylation is 2. The van der Waals surface area contributed by atoms with Crippen LogP contribution in [0.4, 0.5) is 0 Å². The van der Waals surface area contributed by atoms with Crippen LogP contribution in [0.3, 0.4) is 0 Å². The molecule has 55 heavy (non-hydrogen) atoms. The van der Waals surface area contributed by atoms with Gasteiger partial charge in [0.2, 0.25) is 0 Å². The van der Waals surface area contributed by atoms with Gasteiger partial charge in [-0.1, -0.05) is 97.1 Å². The normalized spacial score (nSPS) is 22.8. The average molecular weight is 815 g/mol. The lowest BCUT2D eigenvalue weighted by atomic mass is 9.88. The average Bonchev–Trinajstić information content (AvgIpc) is 3.20. The molecule has 0 N–H and O–H groups in total. The number of hydrogen-bond acceptors (Lipinski definition) is 10. The third-order valence-corrected chi connectivity index (χ3v) is 18.7. The molecule has 0 heterocycles. The summed E-state index contributed by atoms with van der Waals surface area (Å²) in [6, 6.07) is 17.8. The van der Waals surface area contributed by atoms with Crippen molar-refractivity contribution in [2.45, 2.75) is 86.2 Å². The Kier molecular flexibility index (Phi) is 17.0. The number of benzene rings is 2. The monoisotopic (exact) mass is 814 g/mol. The van der Waals surface area contributed by atoms with Gasteiger partial charge in [-0.3, -0.25) is 0 Å². The fourth-order valence-corrected chi connectivity index (χ4v) is 12.3. The van der Waals surface area contributed by atoms with E-state index in [0.29, 0.717) is 38.1 Å². The van der Waals surface area contributed by atoms with Gasteiger partial charge in [0.15, 0.2) is 9.84 Å². The first-order chi connectivity index (χ1) is 26.4. The third-order valence-electron chi connectivity index (χ3n) is 10.8. The van der Waals surface area contributed by atoms with E-state index in [1.165, 1.54) is 0 Å². The molecule has 0 saturated heterocycles. The summed E-state index contributed by atoms with van der Waals surface area (Å²) < 4.78 is 75.0. The van der Waals surface area contributed by atoms with E-state index in [1.807, 2.05) is 48.6 Å². The van der Waals surface area contributed by atoms with Crippen LogP contribution >= 0.6 is 0 Å². The van der Waals surface area contributed by atoms with E-state index in [2.05, 4.69) is 38.1 Å². The molecule has 0 unspecified atom stereocenters. The Labute approximate surface area is 332 Å². The van der Waals surface area contributed by atoms with E-state index in [9.17, 15) is 8.42 Å². The summed E-state index contributed by atoms with van der Waals surface area (Å²) >= 11 is 0. The number of ether oxygens (including phenoxy) is 2. The first-order valence-electron chi connectivity index (χ1n) is 19.1. The highest BCUT2D eigenvalue weighted by atomic mass is 32.2. The number of hydrogen-bond donors (Lipinski definition) is 0. The highest BCUT2D eigenvalue weighted by Crippen LogP contribution is 2.34. The molecule has 2 aromatic carbocycles. The lowest BCUT2D eigenvalue weighted by Gasteiger charge is -2.34. The van der Waals surface area contributed by atoms with Crippen LogP contribution < -0.4 is 0 Å². The number of rotatable bonds is 24.